The molecule has 114 valence electrons. The van der Waals surface area contributed by atoms with Gasteiger partial charge in [-0.25, -0.2) is 4.79 Å². The normalized spacial score (nSPS) is 11.1. The number of nitro groups is 1. The smallest absolute Gasteiger partial charge is 0.301 e. The largest absolute Gasteiger partial charge is 0.357 e. The Morgan fingerprint density at radius 3 is 2.48 bits per heavy atom. The van der Waals surface area contributed by atoms with Crippen molar-refractivity contribution in [3.63, 3.8) is 0 Å². The summed E-state index contributed by atoms with van der Waals surface area (Å²) >= 11 is 0. The van der Waals surface area contributed by atoms with Crippen LogP contribution in [0.4, 0.5) is 5.69 Å². The van der Waals surface area contributed by atoms with Crippen molar-refractivity contribution < 1.29 is 4.92 Å². The molecule has 0 bridgehead atoms. The number of aromatic nitrogens is 2. The number of rotatable bonds is 3. The minimum Gasteiger partial charge on any atom is -0.301 e. The van der Waals surface area contributed by atoms with E-state index in [0.717, 1.165) is 16.3 Å². The molecule has 3 aromatic rings. The third-order valence-electron chi connectivity index (χ3n) is 3.38. The molecule has 0 fully saturated rings. The molecule has 2 aromatic carbocycles. The minimum atomic E-state index is -1.03. The number of nitrogens with one attached hydrogen (secondary N) is 2. The van der Waals surface area contributed by atoms with Gasteiger partial charge in [-0.15, -0.1) is 0 Å². The van der Waals surface area contributed by atoms with E-state index >= 15 is 0 Å². The molecular weight excluding hydrogens is 298 g/mol. The first kappa shape index (κ1) is 14.5. The summed E-state index contributed by atoms with van der Waals surface area (Å²) in [5, 5.41) is 13.0. The van der Waals surface area contributed by atoms with E-state index < -0.39 is 21.9 Å². The van der Waals surface area contributed by atoms with Crippen molar-refractivity contribution in [2.24, 2.45) is 0 Å². The quantitative estimate of drug-likeness (QED) is 0.571. The lowest BCUT2D eigenvalue weighted by atomic mass is 10.0. The summed E-state index contributed by atoms with van der Waals surface area (Å²) in [7, 11) is 0. The molecule has 0 saturated carbocycles. The highest BCUT2D eigenvalue weighted by Gasteiger charge is 2.18. The molecule has 0 aliphatic carbocycles. The molecule has 0 unspecified atom stereocenters. The maximum Gasteiger partial charge on any atom is 0.357 e. The predicted octanol–water partition coefficient (Wildman–Crippen LogP) is 2.29. The molecule has 2 N–H and O–H groups in total. The van der Waals surface area contributed by atoms with E-state index in [1.54, 1.807) is 6.08 Å². The molecule has 0 aliphatic rings. The summed E-state index contributed by atoms with van der Waals surface area (Å²) in [5.41, 5.74) is -1.84. The first-order valence-corrected chi connectivity index (χ1v) is 6.73. The Bertz CT molecular complexity index is 1040. The van der Waals surface area contributed by atoms with Gasteiger partial charge >= 0.3 is 16.9 Å². The van der Waals surface area contributed by atoms with E-state index in [9.17, 15) is 19.7 Å². The second-order valence-corrected chi connectivity index (χ2v) is 4.83. The van der Waals surface area contributed by atoms with Crippen molar-refractivity contribution in [2.75, 3.05) is 0 Å². The van der Waals surface area contributed by atoms with Crippen LogP contribution < -0.4 is 11.2 Å². The van der Waals surface area contributed by atoms with Crippen molar-refractivity contribution >= 4 is 28.6 Å². The topological polar surface area (TPSA) is 109 Å². The average Bonchev–Trinajstić information content (AvgIpc) is 2.51. The lowest BCUT2D eigenvalue weighted by molar-refractivity contribution is -0.386. The molecule has 1 aromatic heterocycles. The summed E-state index contributed by atoms with van der Waals surface area (Å²) in [6, 6.07) is 13.3. The zero-order chi connectivity index (χ0) is 16.4. The highest BCUT2D eigenvalue weighted by Crippen LogP contribution is 2.21. The maximum absolute atomic E-state index is 11.6. The standard InChI is InChI=1S/C16H11N3O4/c20-15-14(19(22)23)13(17-16(21)18-15)9-8-11-6-3-5-10-4-1-2-7-12(10)11/h1-9H,(H2,17,18,20,21)/b9-8-. The van der Waals surface area contributed by atoms with Crippen LogP contribution in [0.2, 0.25) is 0 Å². The van der Waals surface area contributed by atoms with Gasteiger partial charge < -0.3 is 4.98 Å². The second-order valence-electron chi connectivity index (χ2n) is 4.83. The number of hydrogen-bond donors (Lipinski definition) is 2. The number of fused-ring (bicyclic) bond motifs is 1. The summed E-state index contributed by atoms with van der Waals surface area (Å²) in [4.78, 5) is 37.2. The van der Waals surface area contributed by atoms with Gasteiger partial charge in [-0.3, -0.25) is 19.9 Å². The third kappa shape index (κ3) is 2.80. The molecule has 0 radical (unpaired) electrons. The van der Waals surface area contributed by atoms with Gasteiger partial charge in [0.25, 0.3) is 0 Å². The predicted molar refractivity (Wildman–Crippen MR) is 87.2 cm³/mol. The molecule has 23 heavy (non-hydrogen) atoms. The van der Waals surface area contributed by atoms with Crippen LogP contribution in [0.1, 0.15) is 11.3 Å². The number of benzene rings is 2. The second kappa shape index (κ2) is 5.72. The Balaban J connectivity index is 2.15. The van der Waals surface area contributed by atoms with Gasteiger partial charge in [0.05, 0.1) is 4.92 Å². The van der Waals surface area contributed by atoms with Crippen molar-refractivity contribution in [1.82, 2.24) is 9.97 Å². The van der Waals surface area contributed by atoms with Crippen LogP contribution in [0, 0.1) is 10.1 Å². The van der Waals surface area contributed by atoms with Gasteiger partial charge in [-0.2, -0.15) is 0 Å². The molecule has 1 heterocycles. The van der Waals surface area contributed by atoms with Crippen LogP contribution >= 0.6 is 0 Å². The highest BCUT2D eigenvalue weighted by atomic mass is 16.6. The molecule has 0 atom stereocenters. The number of H-pyrrole nitrogens is 2. The van der Waals surface area contributed by atoms with Gasteiger partial charge in [0.1, 0.15) is 5.69 Å². The number of aromatic amines is 2. The van der Waals surface area contributed by atoms with Gasteiger partial charge in [-0.1, -0.05) is 48.5 Å². The van der Waals surface area contributed by atoms with Crippen LogP contribution in [0.25, 0.3) is 22.9 Å². The number of hydrogen-bond acceptors (Lipinski definition) is 4. The molecule has 0 saturated heterocycles. The molecule has 0 aliphatic heterocycles. The molecule has 7 nitrogen and oxygen atoms in total. The zero-order valence-corrected chi connectivity index (χ0v) is 11.8. The highest BCUT2D eigenvalue weighted by molar-refractivity contribution is 5.92. The van der Waals surface area contributed by atoms with E-state index in [1.165, 1.54) is 6.08 Å². The fraction of sp³-hybridized carbons (Fsp3) is 0. The van der Waals surface area contributed by atoms with Crippen molar-refractivity contribution in [1.29, 1.82) is 0 Å². The zero-order valence-electron chi connectivity index (χ0n) is 11.8. The van der Waals surface area contributed by atoms with Crippen LogP contribution in [-0.4, -0.2) is 14.9 Å². The summed E-state index contributed by atoms with van der Waals surface area (Å²) < 4.78 is 0. The van der Waals surface area contributed by atoms with Gasteiger partial charge in [0.2, 0.25) is 0 Å². The van der Waals surface area contributed by atoms with Crippen LogP contribution in [0.5, 0.6) is 0 Å². The number of nitrogens with zero attached hydrogens (tertiary/aromatic N) is 1. The third-order valence-corrected chi connectivity index (χ3v) is 3.38. The maximum atomic E-state index is 11.6. The molecular formula is C16H11N3O4. The lowest BCUT2D eigenvalue weighted by Crippen LogP contribution is -2.25. The molecule has 3 rings (SSSR count). The monoisotopic (exact) mass is 309 g/mol. The van der Waals surface area contributed by atoms with Crippen LogP contribution in [0.3, 0.4) is 0 Å². The van der Waals surface area contributed by atoms with Crippen molar-refractivity contribution in [2.45, 2.75) is 0 Å². The summed E-state index contributed by atoms with van der Waals surface area (Å²) in [5.74, 6) is 0. The summed E-state index contributed by atoms with van der Waals surface area (Å²) in [6.07, 6.45) is 2.98. The fourth-order valence-electron chi connectivity index (χ4n) is 2.37. The van der Waals surface area contributed by atoms with Crippen molar-refractivity contribution in [3.05, 3.63) is 84.7 Å². The Morgan fingerprint density at radius 2 is 1.70 bits per heavy atom. The van der Waals surface area contributed by atoms with E-state index in [-0.39, 0.29) is 5.69 Å². The van der Waals surface area contributed by atoms with Crippen molar-refractivity contribution in [3.8, 4) is 0 Å². The van der Waals surface area contributed by atoms with Crippen LogP contribution in [0.15, 0.2) is 52.1 Å². The fourth-order valence-corrected chi connectivity index (χ4v) is 2.37. The van der Waals surface area contributed by atoms with Gasteiger partial charge in [-0.05, 0) is 22.4 Å². The average molecular weight is 309 g/mol. The van der Waals surface area contributed by atoms with Crippen LogP contribution in [-0.2, 0) is 0 Å². The first-order valence-electron chi connectivity index (χ1n) is 6.73. The van der Waals surface area contributed by atoms with Gasteiger partial charge in [0, 0.05) is 0 Å². The SMILES string of the molecule is O=c1[nH]c(/C=C\c2cccc3ccccc23)c([N+](=O)[O-])c(=O)[nH]1. The first-order chi connectivity index (χ1) is 11.1. The Hall–Kier alpha value is -3.48. The van der Waals surface area contributed by atoms with Gasteiger partial charge in [0.15, 0.2) is 0 Å². The minimum absolute atomic E-state index is 0.142. The Kier molecular flexibility index (Phi) is 3.60. The van der Waals surface area contributed by atoms with E-state index in [4.69, 9.17) is 0 Å². The summed E-state index contributed by atoms with van der Waals surface area (Å²) in [6.45, 7) is 0. The Morgan fingerprint density at radius 1 is 0.957 bits per heavy atom. The van der Waals surface area contributed by atoms with E-state index in [0.29, 0.717) is 0 Å². The van der Waals surface area contributed by atoms with E-state index in [1.807, 2.05) is 47.4 Å². The Labute approximate surface area is 129 Å². The molecule has 0 spiro atoms. The lowest BCUT2D eigenvalue weighted by Gasteiger charge is -2.02. The van der Waals surface area contributed by atoms with E-state index in [2.05, 4.69) is 4.98 Å². The molecule has 7 heteroatoms. The molecule has 0 amide bonds.